The van der Waals surface area contributed by atoms with E-state index in [1.54, 1.807) is 4.80 Å². The van der Waals surface area contributed by atoms with E-state index >= 15 is 0 Å². The lowest BCUT2D eigenvalue weighted by atomic mass is 10.2. The summed E-state index contributed by atoms with van der Waals surface area (Å²) in [6, 6.07) is 9.83. The number of hydrogen-bond acceptors (Lipinski definition) is 4. The van der Waals surface area contributed by atoms with Gasteiger partial charge in [-0.2, -0.15) is 0 Å². The highest BCUT2D eigenvalue weighted by molar-refractivity contribution is 5.52. The Morgan fingerprint density at radius 3 is 2.60 bits per heavy atom. The van der Waals surface area contributed by atoms with Gasteiger partial charge in [0.05, 0.1) is 0 Å². The Morgan fingerprint density at radius 1 is 1.20 bits per heavy atom. The van der Waals surface area contributed by atoms with E-state index in [9.17, 15) is 0 Å². The van der Waals surface area contributed by atoms with Gasteiger partial charge in [-0.3, -0.25) is 4.90 Å². The normalized spacial score (nSPS) is 10.9. The fourth-order valence-electron chi connectivity index (χ4n) is 1.26. The van der Waals surface area contributed by atoms with Crippen LogP contribution in [0.15, 0.2) is 30.3 Å². The summed E-state index contributed by atoms with van der Waals surface area (Å²) in [5.41, 5.74) is 0.988. The van der Waals surface area contributed by atoms with Gasteiger partial charge >= 0.3 is 0 Å². The number of nitrogens with zero attached hydrogens (tertiary/aromatic N) is 5. The molecule has 1 aromatic heterocycles. The molecule has 0 N–H and O–H groups in total. The topological polar surface area (TPSA) is 46.8 Å². The fraction of sp³-hybridized carbons (Fsp3) is 0.300. The fourth-order valence-corrected chi connectivity index (χ4v) is 1.26. The molecule has 0 spiro atoms. The third-order valence-electron chi connectivity index (χ3n) is 1.89. The average molecular weight is 203 g/mol. The highest BCUT2D eigenvalue weighted by Crippen LogP contribution is 2.11. The van der Waals surface area contributed by atoms with Gasteiger partial charge in [-0.05, 0) is 19.3 Å². The van der Waals surface area contributed by atoms with E-state index in [1.807, 2.05) is 49.3 Å². The first-order valence-electron chi connectivity index (χ1n) is 4.73. The zero-order chi connectivity index (χ0) is 10.7. The molecular formula is C10H13N5. The largest absolute Gasteiger partial charge is 0.289 e. The van der Waals surface area contributed by atoms with E-state index in [0.29, 0.717) is 12.5 Å². The Balaban J connectivity index is 2.21. The number of hydrogen-bond donors (Lipinski definition) is 0. The van der Waals surface area contributed by atoms with Crippen LogP contribution in [-0.2, 0) is 6.67 Å². The van der Waals surface area contributed by atoms with Gasteiger partial charge in [0.2, 0.25) is 5.82 Å². The zero-order valence-electron chi connectivity index (χ0n) is 8.83. The molecular weight excluding hydrogens is 190 g/mol. The SMILES string of the molecule is CN(C)Cn1nnc(-c2ccccc2)n1. The highest BCUT2D eigenvalue weighted by atomic mass is 15.6. The molecule has 2 aromatic rings. The van der Waals surface area contributed by atoms with Gasteiger partial charge in [-0.15, -0.1) is 15.0 Å². The van der Waals surface area contributed by atoms with Gasteiger partial charge in [0.1, 0.15) is 6.67 Å². The molecule has 0 saturated carbocycles. The van der Waals surface area contributed by atoms with Gasteiger partial charge in [-0.1, -0.05) is 30.3 Å². The minimum absolute atomic E-state index is 0.639. The molecule has 2 rings (SSSR count). The van der Waals surface area contributed by atoms with Crippen molar-refractivity contribution in [2.45, 2.75) is 6.67 Å². The minimum atomic E-state index is 0.639. The lowest BCUT2D eigenvalue weighted by Crippen LogP contribution is -2.18. The third-order valence-corrected chi connectivity index (χ3v) is 1.89. The average Bonchev–Trinajstić information content (AvgIpc) is 2.67. The van der Waals surface area contributed by atoms with Crippen LogP contribution < -0.4 is 0 Å². The van der Waals surface area contributed by atoms with Crippen molar-refractivity contribution in [1.29, 1.82) is 0 Å². The Kier molecular flexibility index (Phi) is 2.73. The molecule has 0 radical (unpaired) electrons. The van der Waals surface area contributed by atoms with Gasteiger partial charge in [0.15, 0.2) is 0 Å². The first kappa shape index (κ1) is 9.79. The molecule has 1 heterocycles. The summed E-state index contributed by atoms with van der Waals surface area (Å²) in [6.45, 7) is 0.639. The molecule has 78 valence electrons. The Bertz CT molecular complexity index is 420. The number of benzene rings is 1. The molecule has 0 aliphatic heterocycles. The van der Waals surface area contributed by atoms with Crippen LogP contribution in [0.3, 0.4) is 0 Å². The van der Waals surface area contributed by atoms with Crippen LogP contribution in [0.1, 0.15) is 0 Å². The maximum Gasteiger partial charge on any atom is 0.204 e. The van der Waals surface area contributed by atoms with E-state index in [2.05, 4.69) is 15.4 Å². The molecule has 0 atom stereocenters. The van der Waals surface area contributed by atoms with Crippen LogP contribution in [0.2, 0.25) is 0 Å². The summed E-state index contributed by atoms with van der Waals surface area (Å²) in [6.07, 6.45) is 0. The van der Waals surface area contributed by atoms with Gasteiger partial charge in [0, 0.05) is 5.56 Å². The van der Waals surface area contributed by atoms with Crippen LogP contribution in [0, 0.1) is 0 Å². The van der Waals surface area contributed by atoms with E-state index in [0.717, 1.165) is 5.56 Å². The third kappa shape index (κ3) is 2.38. The van der Waals surface area contributed by atoms with Crippen molar-refractivity contribution in [2.75, 3.05) is 14.1 Å². The first-order valence-corrected chi connectivity index (χ1v) is 4.73. The van der Waals surface area contributed by atoms with E-state index in [4.69, 9.17) is 0 Å². The summed E-state index contributed by atoms with van der Waals surface area (Å²) in [5.74, 6) is 0.664. The molecule has 1 aromatic carbocycles. The number of aromatic nitrogens is 4. The van der Waals surface area contributed by atoms with Crippen molar-refractivity contribution < 1.29 is 0 Å². The van der Waals surface area contributed by atoms with E-state index < -0.39 is 0 Å². The van der Waals surface area contributed by atoms with Crippen molar-refractivity contribution >= 4 is 0 Å². The summed E-state index contributed by atoms with van der Waals surface area (Å²) < 4.78 is 0. The maximum atomic E-state index is 4.27. The monoisotopic (exact) mass is 203 g/mol. The van der Waals surface area contributed by atoms with Crippen LogP contribution in [0.4, 0.5) is 0 Å². The Labute approximate surface area is 88.3 Å². The van der Waals surface area contributed by atoms with Crippen molar-refractivity contribution in [2.24, 2.45) is 0 Å². The molecule has 0 bridgehead atoms. The second-order valence-corrected chi connectivity index (χ2v) is 3.57. The van der Waals surface area contributed by atoms with Crippen LogP contribution in [0.25, 0.3) is 11.4 Å². The van der Waals surface area contributed by atoms with E-state index in [1.165, 1.54) is 0 Å². The molecule has 0 aliphatic carbocycles. The maximum absolute atomic E-state index is 4.27. The lowest BCUT2D eigenvalue weighted by Gasteiger charge is -2.05. The number of tetrazole rings is 1. The molecule has 0 fully saturated rings. The second-order valence-electron chi connectivity index (χ2n) is 3.57. The van der Waals surface area contributed by atoms with Crippen molar-refractivity contribution in [3.05, 3.63) is 30.3 Å². The number of rotatable bonds is 3. The predicted molar refractivity (Wildman–Crippen MR) is 56.9 cm³/mol. The highest BCUT2D eigenvalue weighted by Gasteiger charge is 2.04. The molecule has 0 amide bonds. The summed E-state index contributed by atoms with van der Waals surface area (Å²) in [4.78, 5) is 3.55. The Morgan fingerprint density at radius 2 is 1.93 bits per heavy atom. The van der Waals surface area contributed by atoms with Crippen molar-refractivity contribution in [3.8, 4) is 11.4 Å². The minimum Gasteiger partial charge on any atom is -0.289 e. The lowest BCUT2D eigenvalue weighted by molar-refractivity contribution is 0.281. The van der Waals surface area contributed by atoms with Gasteiger partial charge in [-0.25, -0.2) is 0 Å². The van der Waals surface area contributed by atoms with Gasteiger partial charge < -0.3 is 0 Å². The molecule has 5 nitrogen and oxygen atoms in total. The summed E-state index contributed by atoms with van der Waals surface area (Å²) in [7, 11) is 3.93. The molecule has 0 saturated heterocycles. The molecule has 5 heteroatoms. The predicted octanol–water partition coefficient (Wildman–Crippen LogP) is 0.859. The molecule has 15 heavy (non-hydrogen) atoms. The van der Waals surface area contributed by atoms with Crippen LogP contribution in [-0.4, -0.2) is 39.2 Å². The molecule has 0 aliphatic rings. The Hall–Kier alpha value is -1.75. The summed E-state index contributed by atoms with van der Waals surface area (Å²) in [5, 5.41) is 12.2. The summed E-state index contributed by atoms with van der Waals surface area (Å²) >= 11 is 0. The van der Waals surface area contributed by atoms with Gasteiger partial charge in [0.25, 0.3) is 0 Å². The van der Waals surface area contributed by atoms with Crippen molar-refractivity contribution in [1.82, 2.24) is 25.1 Å². The van der Waals surface area contributed by atoms with E-state index in [-0.39, 0.29) is 0 Å². The van der Waals surface area contributed by atoms with Crippen LogP contribution in [0.5, 0.6) is 0 Å². The smallest absolute Gasteiger partial charge is 0.204 e. The second kappa shape index (κ2) is 4.18. The zero-order valence-corrected chi connectivity index (χ0v) is 8.83. The van der Waals surface area contributed by atoms with Crippen molar-refractivity contribution in [3.63, 3.8) is 0 Å². The standard InChI is InChI=1S/C10H13N5/c1-14(2)8-15-12-10(11-13-15)9-6-4-3-5-7-9/h3-7H,8H2,1-2H3. The molecule has 0 unspecified atom stereocenters. The van der Waals surface area contributed by atoms with Crippen LogP contribution >= 0.6 is 0 Å². The quantitative estimate of drug-likeness (QED) is 0.742. The first-order chi connectivity index (χ1) is 7.25.